The number of carbonyl (C=O) groups is 1. The third kappa shape index (κ3) is 4.66. The topological polar surface area (TPSA) is 38.8 Å². The van der Waals surface area contributed by atoms with Gasteiger partial charge in [-0.1, -0.05) is 50.0 Å². The van der Waals surface area contributed by atoms with Crippen LogP contribution in [0.3, 0.4) is 0 Å². The molecule has 1 aliphatic heterocycles. The minimum Gasteiger partial charge on any atom is -0.468 e. The molecule has 2 atom stereocenters. The van der Waals surface area contributed by atoms with Crippen LogP contribution in [-0.2, 0) is 20.9 Å². The smallest absolute Gasteiger partial charge is 0.325 e. The Hall–Kier alpha value is -1.17. The van der Waals surface area contributed by atoms with E-state index >= 15 is 0 Å². The van der Waals surface area contributed by atoms with E-state index in [-0.39, 0.29) is 18.1 Å². The molecular weight excluding hydrogens is 282 g/mol. The van der Waals surface area contributed by atoms with Crippen LogP contribution in [0.15, 0.2) is 30.3 Å². The summed E-state index contributed by atoms with van der Waals surface area (Å²) < 4.78 is 4.93. The Bertz CT molecular complexity index is 472. The van der Waals surface area contributed by atoms with Crippen molar-refractivity contribution in [2.24, 2.45) is 0 Å². The van der Waals surface area contributed by atoms with E-state index < -0.39 is 8.07 Å². The Morgan fingerprint density at radius 3 is 2.57 bits per heavy atom. The van der Waals surface area contributed by atoms with Gasteiger partial charge in [0.25, 0.3) is 0 Å². The number of esters is 1. The molecule has 0 radical (unpaired) electrons. The third-order valence-electron chi connectivity index (χ3n) is 3.61. The van der Waals surface area contributed by atoms with E-state index in [1.807, 2.05) is 30.3 Å². The van der Waals surface area contributed by atoms with E-state index in [0.29, 0.717) is 6.54 Å². The number of hydroxylamine groups is 2. The number of nitrogens with zero attached hydrogens (tertiary/aromatic N) is 1. The molecule has 4 nitrogen and oxygen atoms in total. The molecule has 116 valence electrons. The normalized spacial score (nSPS) is 23.2. The number of hydrogen-bond donors (Lipinski definition) is 0. The minimum absolute atomic E-state index is 0.129. The van der Waals surface area contributed by atoms with E-state index in [2.05, 4.69) is 19.6 Å². The fraction of sp³-hybridized carbons (Fsp3) is 0.562. The number of hydrogen-bond acceptors (Lipinski definition) is 4. The molecule has 0 unspecified atom stereocenters. The number of benzene rings is 1. The van der Waals surface area contributed by atoms with Crippen LogP contribution in [-0.4, -0.2) is 38.4 Å². The highest BCUT2D eigenvalue weighted by Gasteiger charge is 2.40. The predicted octanol–water partition coefficient (Wildman–Crippen LogP) is 3.07. The van der Waals surface area contributed by atoms with Gasteiger partial charge in [-0.3, -0.25) is 9.63 Å². The average Bonchev–Trinajstić information content (AvgIpc) is 2.79. The van der Waals surface area contributed by atoms with Crippen LogP contribution >= 0.6 is 0 Å². The Kier molecular flexibility index (Phi) is 5.19. The molecule has 1 aromatic rings. The second-order valence-corrected chi connectivity index (χ2v) is 12.4. The lowest BCUT2D eigenvalue weighted by Crippen LogP contribution is -2.35. The van der Waals surface area contributed by atoms with Crippen molar-refractivity contribution in [1.29, 1.82) is 0 Å². The summed E-state index contributed by atoms with van der Waals surface area (Å²) in [5.74, 6) is -0.205. The number of rotatable bonds is 5. The van der Waals surface area contributed by atoms with Gasteiger partial charge in [0, 0.05) is 14.5 Å². The van der Waals surface area contributed by atoms with Crippen molar-refractivity contribution < 1.29 is 14.4 Å². The first-order valence-corrected chi connectivity index (χ1v) is 11.1. The zero-order valence-electron chi connectivity index (χ0n) is 13.3. The zero-order valence-corrected chi connectivity index (χ0v) is 14.3. The summed E-state index contributed by atoms with van der Waals surface area (Å²) in [5, 5.41) is 1.80. The minimum atomic E-state index is -1.22. The highest BCUT2D eigenvalue weighted by Crippen LogP contribution is 2.29. The van der Waals surface area contributed by atoms with Crippen LogP contribution in [0, 0.1) is 0 Å². The molecule has 1 aliphatic rings. The van der Waals surface area contributed by atoms with Crippen molar-refractivity contribution in [2.45, 2.75) is 50.8 Å². The molecule has 21 heavy (non-hydrogen) atoms. The lowest BCUT2D eigenvalue weighted by molar-refractivity contribution is -0.182. The Labute approximate surface area is 128 Å². The lowest BCUT2D eigenvalue weighted by atomic mass is 10.1. The Morgan fingerprint density at radius 2 is 2.00 bits per heavy atom. The molecule has 1 fully saturated rings. The molecule has 2 rings (SSSR count). The van der Waals surface area contributed by atoms with Crippen molar-refractivity contribution in [1.82, 2.24) is 5.06 Å². The van der Waals surface area contributed by atoms with Crippen molar-refractivity contribution in [3.05, 3.63) is 35.9 Å². The van der Waals surface area contributed by atoms with Gasteiger partial charge in [-0.2, -0.15) is 5.06 Å². The molecule has 0 spiro atoms. The monoisotopic (exact) mass is 307 g/mol. The summed E-state index contributed by atoms with van der Waals surface area (Å²) in [7, 11) is 0.217. The van der Waals surface area contributed by atoms with E-state index in [1.165, 1.54) is 7.11 Å². The van der Waals surface area contributed by atoms with Gasteiger partial charge in [0.15, 0.2) is 0 Å². The second-order valence-electron chi connectivity index (χ2n) is 6.83. The molecule has 1 heterocycles. The number of carbonyl (C=O) groups excluding carboxylic acids is 1. The molecule has 0 bridgehead atoms. The van der Waals surface area contributed by atoms with Gasteiger partial charge < -0.3 is 4.74 Å². The van der Waals surface area contributed by atoms with Gasteiger partial charge in [-0.05, 0) is 11.6 Å². The van der Waals surface area contributed by atoms with Gasteiger partial charge in [-0.25, -0.2) is 0 Å². The van der Waals surface area contributed by atoms with Crippen molar-refractivity contribution in [3.8, 4) is 0 Å². The van der Waals surface area contributed by atoms with Crippen LogP contribution in [0.25, 0.3) is 0 Å². The van der Waals surface area contributed by atoms with E-state index in [4.69, 9.17) is 9.57 Å². The van der Waals surface area contributed by atoms with Crippen LogP contribution in [0.2, 0.25) is 25.7 Å². The van der Waals surface area contributed by atoms with Gasteiger partial charge in [0.05, 0.1) is 19.8 Å². The van der Waals surface area contributed by atoms with Gasteiger partial charge in [-0.15, -0.1) is 0 Å². The van der Waals surface area contributed by atoms with Crippen LogP contribution < -0.4 is 0 Å². The van der Waals surface area contributed by atoms with Crippen LogP contribution in [0.4, 0.5) is 0 Å². The highest BCUT2D eigenvalue weighted by atomic mass is 28.3. The van der Waals surface area contributed by atoms with E-state index in [0.717, 1.165) is 18.0 Å². The quantitative estimate of drug-likeness (QED) is 0.619. The maximum absolute atomic E-state index is 12.0. The maximum Gasteiger partial charge on any atom is 0.325 e. The molecule has 5 heteroatoms. The summed E-state index contributed by atoms with van der Waals surface area (Å²) >= 11 is 0. The van der Waals surface area contributed by atoms with E-state index in [9.17, 15) is 4.79 Å². The van der Waals surface area contributed by atoms with Crippen LogP contribution in [0.1, 0.15) is 12.0 Å². The number of ether oxygens (including phenoxy) is 1. The molecule has 0 aromatic heterocycles. The van der Waals surface area contributed by atoms with Gasteiger partial charge in [0.2, 0.25) is 0 Å². The molecule has 0 aliphatic carbocycles. The fourth-order valence-corrected chi connectivity index (χ4v) is 4.35. The first kappa shape index (κ1) is 16.2. The van der Waals surface area contributed by atoms with Crippen molar-refractivity contribution in [2.75, 3.05) is 7.11 Å². The summed E-state index contributed by atoms with van der Waals surface area (Å²) in [6, 6.07) is 10.8. The molecule has 0 amide bonds. The molecule has 1 aromatic carbocycles. The zero-order chi connectivity index (χ0) is 15.5. The summed E-state index contributed by atoms with van der Waals surface area (Å²) in [4.78, 5) is 18.0. The molecular formula is C16H25NO3Si. The SMILES string of the molecule is COC(=O)[C@@H]1C[C@H](C[Si](C)(C)C)ON1Cc1ccccc1. The predicted molar refractivity (Wildman–Crippen MR) is 85.4 cm³/mol. The average molecular weight is 307 g/mol. The largest absolute Gasteiger partial charge is 0.468 e. The van der Waals surface area contributed by atoms with Crippen molar-refractivity contribution >= 4 is 14.0 Å². The third-order valence-corrected chi connectivity index (χ3v) is 5.29. The van der Waals surface area contributed by atoms with Crippen molar-refractivity contribution in [3.63, 3.8) is 0 Å². The number of methoxy groups -OCH3 is 1. The highest BCUT2D eigenvalue weighted by molar-refractivity contribution is 6.76. The molecule has 0 N–H and O–H groups in total. The van der Waals surface area contributed by atoms with E-state index in [1.54, 1.807) is 5.06 Å². The Balaban J connectivity index is 2.07. The first-order chi connectivity index (χ1) is 9.89. The van der Waals surface area contributed by atoms with Gasteiger partial charge >= 0.3 is 5.97 Å². The second kappa shape index (κ2) is 6.73. The lowest BCUT2D eigenvalue weighted by Gasteiger charge is -2.22. The summed E-state index contributed by atoms with van der Waals surface area (Å²) in [6.07, 6.45) is 0.855. The fourth-order valence-electron chi connectivity index (χ4n) is 2.74. The first-order valence-electron chi connectivity index (χ1n) is 7.44. The Morgan fingerprint density at radius 1 is 1.33 bits per heavy atom. The van der Waals surface area contributed by atoms with Gasteiger partial charge in [0.1, 0.15) is 6.04 Å². The maximum atomic E-state index is 12.0. The molecule has 1 saturated heterocycles. The van der Waals surface area contributed by atoms with Crippen LogP contribution in [0.5, 0.6) is 0 Å². The standard InChI is InChI=1S/C16H25NO3Si/c1-19-16(18)15-10-14(12-21(2,3)4)20-17(15)11-13-8-6-5-7-9-13/h5-9,14-15H,10-12H2,1-4H3/t14-,15+/m1/s1. The summed E-state index contributed by atoms with van der Waals surface area (Å²) in [6.45, 7) is 7.58. The molecule has 0 saturated carbocycles. The summed E-state index contributed by atoms with van der Waals surface area (Å²) in [5.41, 5.74) is 1.14.